The molecular formula is C11H23NO2. The van der Waals surface area contributed by atoms with Gasteiger partial charge in [-0.25, -0.2) is 0 Å². The highest BCUT2D eigenvalue weighted by molar-refractivity contribution is 4.85. The summed E-state index contributed by atoms with van der Waals surface area (Å²) in [6, 6.07) is 0.711. The molecule has 1 N–H and O–H groups in total. The van der Waals surface area contributed by atoms with Crippen LogP contribution in [-0.4, -0.2) is 39.5 Å². The van der Waals surface area contributed by atoms with Crippen LogP contribution >= 0.6 is 0 Å². The largest absolute Gasteiger partial charge is 0.385 e. The number of methoxy groups -OCH3 is 2. The van der Waals surface area contributed by atoms with E-state index in [4.69, 9.17) is 9.47 Å². The van der Waals surface area contributed by atoms with Gasteiger partial charge in [0.15, 0.2) is 0 Å². The van der Waals surface area contributed by atoms with Crippen LogP contribution < -0.4 is 5.32 Å². The normalized spacial score (nSPS) is 26.1. The molecule has 0 aromatic rings. The first-order chi connectivity index (χ1) is 6.86. The molecular weight excluding hydrogens is 178 g/mol. The minimum atomic E-state index is 0.515. The average Bonchev–Trinajstić information content (AvgIpc) is 2.14. The molecule has 3 nitrogen and oxygen atoms in total. The number of unbranched alkanes of at least 4 members (excludes halogenated alkanes) is 2. The summed E-state index contributed by atoms with van der Waals surface area (Å²) in [5.41, 5.74) is 0. The van der Waals surface area contributed by atoms with Gasteiger partial charge in [0, 0.05) is 26.9 Å². The highest BCUT2D eigenvalue weighted by Gasteiger charge is 2.27. The first kappa shape index (κ1) is 12.0. The van der Waals surface area contributed by atoms with Crippen molar-refractivity contribution in [2.75, 3.05) is 27.4 Å². The van der Waals surface area contributed by atoms with Gasteiger partial charge in [0.25, 0.3) is 0 Å². The Bertz CT molecular complexity index is 135. The molecule has 0 unspecified atom stereocenters. The Balaban J connectivity index is 1.77. The van der Waals surface area contributed by atoms with Gasteiger partial charge in [-0.05, 0) is 38.6 Å². The lowest BCUT2D eigenvalue weighted by Gasteiger charge is -2.34. The van der Waals surface area contributed by atoms with Crippen molar-refractivity contribution in [2.45, 2.75) is 44.2 Å². The molecule has 0 aromatic carbocycles. The van der Waals surface area contributed by atoms with Gasteiger partial charge in [0.2, 0.25) is 0 Å². The fraction of sp³-hybridized carbons (Fsp3) is 1.00. The van der Waals surface area contributed by atoms with E-state index in [9.17, 15) is 0 Å². The van der Waals surface area contributed by atoms with Crippen LogP contribution in [0.2, 0.25) is 0 Å². The number of hydrogen-bond acceptors (Lipinski definition) is 3. The van der Waals surface area contributed by atoms with Gasteiger partial charge < -0.3 is 14.8 Å². The number of nitrogens with one attached hydrogen (secondary N) is 1. The summed E-state index contributed by atoms with van der Waals surface area (Å²) >= 11 is 0. The third kappa shape index (κ3) is 4.40. The molecule has 1 aliphatic rings. The molecule has 1 fully saturated rings. The Morgan fingerprint density at radius 3 is 2.57 bits per heavy atom. The zero-order valence-corrected chi connectivity index (χ0v) is 9.42. The minimum absolute atomic E-state index is 0.515. The molecule has 1 saturated carbocycles. The van der Waals surface area contributed by atoms with Crippen LogP contribution in [0.1, 0.15) is 32.1 Å². The molecule has 3 heteroatoms. The van der Waals surface area contributed by atoms with Crippen molar-refractivity contribution in [3.8, 4) is 0 Å². The smallest absolute Gasteiger partial charge is 0.0601 e. The molecule has 1 aliphatic carbocycles. The van der Waals surface area contributed by atoms with E-state index in [0.29, 0.717) is 12.1 Å². The van der Waals surface area contributed by atoms with E-state index in [1.165, 1.54) is 32.1 Å². The quantitative estimate of drug-likeness (QED) is 0.605. The number of rotatable bonds is 8. The molecule has 0 heterocycles. The highest BCUT2D eigenvalue weighted by atomic mass is 16.5. The summed E-state index contributed by atoms with van der Waals surface area (Å²) in [5, 5.41) is 3.54. The zero-order valence-electron chi connectivity index (χ0n) is 9.42. The van der Waals surface area contributed by atoms with Crippen molar-refractivity contribution in [1.29, 1.82) is 0 Å². The van der Waals surface area contributed by atoms with Crippen LogP contribution in [0.3, 0.4) is 0 Å². The lowest BCUT2D eigenvalue weighted by atomic mass is 9.89. The first-order valence-corrected chi connectivity index (χ1v) is 5.62. The van der Waals surface area contributed by atoms with Gasteiger partial charge in [-0.2, -0.15) is 0 Å². The predicted octanol–water partition coefficient (Wildman–Crippen LogP) is 1.57. The van der Waals surface area contributed by atoms with Gasteiger partial charge in [-0.1, -0.05) is 0 Å². The summed E-state index contributed by atoms with van der Waals surface area (Å²) in [7, 11) is 3.56. The van der Waals surface area contributed by atoms with E-state index in [1.54, 1.807) is 14.2 Å². The van der Waals surface area contributed by atoms with Crippen LogP contribution in [-0.2, 0) is 9.47 Å². The van der Waals surface area contributed by atoms with E-state index in [0.717, 1.165) is 13.2 Å². The van der Waals surface area contributed by atoms with E-state index in [2.05, 4.69) is 5.32 Å². The van der Waals surface area contributed by atoms with Crippen molar-refractivity contribution in [3.63, 3.8) is 0 Å². The molecule has 1 rings (SSSR count). The van der Waals surface area contributed by atoms with Gasteiger partial charge in [-0.3, -0.25) is 0 Å². The molecule has 0 amide bonds. The Morgan fingerprint density at radius 2 is 1.93 bits per heavy atom. The Hall–Kier alpha value is -0.120. The second kappa shape index (κ2) is 7.21. The SMILES string of the molecule is COCCCCCNC1CC(OC)C1. The summed E-state index contributed by atoms with van der Waals surface area (Å²) in [5.74, 6) is 0. The predicted molar refractivity (Wildman–Crippen MR) is 57.5 cm³/mol. The average molecular weight is 201 g/mol. The second-order valence-corrected chi connectivity index (χ2v) is 4.03. The lowest BCUT2D eigenvalue weighted by Crippen LogP contribution is -2.45. The molecule has 0 aliphatic heterocycles. The van der Waals surface area contributed by atoms with Gasteiger partial charge in [0.05, 0.1) is 6.10 Å². The fourth-order valence-corrected chi connectivity index (χ4v) is 1.78. The monoisotopic (exact) mass is 201 g/mol. The van der Waals surface area contributed by atoms with Crippen molar-refractivity contribution < 1.29 is 9.47 Å². The summed E-state index contributed by atoms with van der Waals surface area (Å²) in [6.07, 6.45) is 6.60. The molecule has 0 radical (unpaired) electrons. The van der Waals surface area contributed by atoms with Gasteiger partial charge >= 0.3 is 0 Å². The van der Waals surface area contributed by atoms with Gasteiger partial charge in [0.1, 0.15) is 0 Å². The lowest BCUT2D eigenvalue weighted by molar-refractivity contribution is 0.0175. The van der Waals surface area contributed by atoms with Crippen LogP contribution in [0.15, 0.2) is 0 Å². The van der Waals surface area contributed by atoms with Crippen LogP contribution in [0.5, 0.6) is 0 Å². The van der Waals surface area contributed by atoms with Crippen molar-refractivity contribution in [1.82, 2.24) is 5.32 Å². The Labute approximate surface area is 87.2 Å². The van der Waals surface area contributed by atoms with Crippen LogP contribution in [0.25, 0.3) is 0 Å². The maximum atomic E-state index is 5.22. The summed E-state index contributed by atoms with van der Waals surface area (Å²) in [6.45, 7) is 2.04. The molecule has 0 bridgehead atoms. The van der Waals surface area contributed by atoms with Crippen molar-refractivity contribution >= 4 is 0 Å². The van der Waals surface area contributed by atoms with E-state index in [-0.39, 0.29) is 0 Å². The molecule has 0 atom stereocenters. The van der Waals surface area contributed by atoms with Gasteiger partial charge in [-0.15, -0.1) is 0 Å². The molecule has 0 spiro atoms. The van der Waals surface area contributed by atoms with Crippen molar-refractivity contribution in [3.05, 3.63) is 0 Å². The molecule has 0 aromatic heterocycles. The first-order valence-electron chi connectivity index (χ1n) is 5.62. The molecule has 14 heavy (non-hydrogen) atoms. The molecule has 0 saturated heterocycles. The third-order valence-corrected chi connectivity index (χ3v) is 2.89. The topological polar surface area (TPSA) is 30.5 Å². The van der Waals surface area contributed by atoms with E-state index in [1.807, 2.05) is 0 Å². The van der Waals surface area contributed by atoms with E-state index >= 15 is 0 Å². The standard InChI is InChI=1S/C11H23NO2/c1-13-7-5-3-4-6-12-10-8-11(9-10)14-2/h10-12H,3-9H2,1-2H3. The Kier molecular flexibility index (Phi) is 6.15. The number of ether oxygens (including phenoxy) is 2. The third-order valence-electron chi connectivity index (χ3n) is 2.89. The summed E-state index contributed by atoms with van der Waals surface area (Å²) in [4.78, 5) is 0. The second-order valence-electron chi connectivity index (χ2n) is 4.03. The zero-order chi connectivity index (χ0) is 10.2. The number of hydrogen-bond donors (Lipinski definition) is 1. The highest BCUT2D eigenvalue weighted by Crippen LogP contribution is 2.22. The minimum Gasteiger partial charge on any atom is -0.385 e. The maximum absolute atomic E-state index is 5.22. The fourth-order valence-electron chi connectivity index (χ4n) is 1.78. The van der Waals surface area contributed by atoms with Crippen molar-refractivity contribution in [2.24, 2.45) is 0 Å². The summed E-state index contributed by atoms with van der Waals surface area (Å²) < 4.78 is 10.2. The molecule has 84 valence electrons. The maximum Gasteiger partial charge on any atom is 0.0601 e. The van der Waals surface area contributed by atoms with Crippen LogP contribution in [0, 0.1) is 0 Å². The Morgan fingerprint density at radius 1 is 1.14 bits per heavy atom. The van der Waals surface area contributed by atoms with E-state index < -0.39 is 0 Å². The van der Waals surface area contributed by atoms with Crippen LogP contribution in [0.4, 0.5) is 0 Å².